The number of nitrogens with zero attached hydrogens (tertiary/aromatic N) is 2. The molecule has 0 aliphatic rings. The van der Waals surface area contributed by atoms with Crippen LogP contribution in [0.4, 0.5) is 0 Å². The molecule has 1 aromatic carbocycles. The fourth-order valence-electron chi connectivity index (χ4n) is 3.57. The van der Waals surface area contributed by atoms with Crippen molar-refractivity contribution in [2.45, 2.75) is 92.4 Å². The van der Waals surface area contributed by atoms with Crippen LogP contribution in [0.3, 0.4) is 0 Å². The lowest BCUT2D eigenvalue weighted by atomic mass is 9.85. The Balaban J connectivity index is 3.10. The van der Waals surface area contributed by atoms with Crippen molar-refractivity contribution in [3.63, 3.8) is 0 Å². The molecule has 0 unspecified atom stereocenters. The van der Waals surface area contributed by atoms with Gasteiger partial charge >= 0.3 is 0 Å². The summed E-state index contributed by atoms with van der Waals surface area (Å²) in [6.07, 6.45) is 0. The molecule has 0 fully saturated rings. The molecule has 4 nitrogen and oxygen atoms in total. The molecule has 0 heterocycles. The van der Waals surface area contributed by atoms with Crippen molar-refractivity contribution in [2.75, 3.05) is 20.2 Å². The summed E-state index contributed by atoms with van der Waals surface area (Å²) in [4.78, 5) is 4.94. The number of ether oxygens (including phenoxy) is 1. The first-order valence-corrected chi connectivity index (χ1v) is 10.3. The quantitative estimate of drug-likeness (QED) is 0.654. The molecule has 4 heteroatoms. The normalized spacial score (nSPS) is 12.9. The van der Waals surface area contributed by atoms with E-state index in [2.05, 4.69) is 72.1 Å². The lowest BCUT2D eigenvalue weighted by Gasteiger charge is -2.35. The Kier molecular flexibility index (Phi) is 8.62. The minimum Gasteiger partial charge on any atom is -0.507 e. The van der Waals surface area contributed by atoms with Crippen molar-refractivity contribution in [3.05, 3.63) is 23.3 Å². The maximum atomic E-state index is 10.9. The molecule has 156 valence electrons. The zero-order chi connectivity index (χ0) is 20.9. The Labute approximate surface area is 167 Å². The van der Waals surface area contributed by atoms with Gasteiger partial charge in [0, 0.05) is 48.9 Å². The molecule has 0 radical (unpaired) electrons. The van der Waals surface area contributed by atoms with Gasteiger partial charge < -0.3 is 9.84 Å². The molecule has 0 aliphatic heterocycles. The van der Waals surface area contributed by atoms with Crippen LogP contribution in [0.2, 0.25) is 0 Å². The van der Waals surface area contributed by atoms with Crippen molar-refractivity contribution in [2.24, 2.45) is 0 Å². The summed E-state index contributed by atoms with van der Waals surface area (Å²) in [6, 6.07) is 5.38. The second kappa shape index (κ2) is 9.79. The molecule has 0 atom stereocenters. The third-order valence-electron chi connectivity index (χ3n) is 5.28. The smallest absolute Gasteiger partial charge is 0.124 e. The largest absolute Gasteiger partial charge is 0.507 e. The summed E-state index contributed by atoms with van der Waals surface area (Å²) >= 11 is 0. The number of methoxy groups -OCH3 is 1. The van der Waals surface area contributed by atoms with Gasteiger partial charge in [0.15, 0.2) is 0 Å². The van der Waals surface area contributed by atoms with Gasteiger partial charge in [-0.15, -0.1) is 0 Å². The Morgan fingerprint density at radius 2 is 1.48 bits per heavy atom. The van der Waals surface area contributed by atoms with Crippen LogP contribution >= 0.6 is 0 Å². The van der Waals surface area contributed by atoms with Gasteiger partial charge in [-0.1, -0.05) is 20.8 Å². The number of phenols is 1. The van der Waals surface area contributed by atoms with Crippen LogP contribution in [0, 0.1) is 0 Å². The lowest BCUT2D eigenvalue weighted by molar-refractivity contribution is 0.125. The van der Waals surface area contributed by atoms with Crippen LogP contribution in [0.5, 0.6) is 11.5 Å². The van der Waals surface area contributed by atoms with Crippen LogP contribution < -0.4 is 4.74 Å². The van der Waals surface area contributed by atoms with Crippen molar-refractivity contribution in [1.29, 1.82) is 0 Å². The van der Waals surface area contributed by atoms with E-state index in [4.69, 9.17) is 4.74 Å². The van der Waals surface area contributed by atoms with Crippen LogP contribution in [0.1, 0.15) is 73.4 Å². The van der Waals surface area contributed by atoms with Gasteiger partial charge in [0.05, 0.1) is 7.11 Å². The van der Waals surface area contributed by atoms with Gasteiger partial charge in [-0.2, -0.15) is 0 Å². The second-order valence-corrected chi connectivity index (χ2v) is 9.42. The highest BCUT2D eigenvalue weighted by molar-refractivity contribution is 5.49. The molecule has 27 heavy (non-hydrogen) atoms. The highest BCUT2D eigenvalue weighted by Gasteiger charge is 2.24. The Hall–Kier alpha value is -1.26. The third-order valence-corrected chi connectivity index (χ3v) is 5.28. The number of hydrogen-bond acceptors (Lipinski definition) is 4. The molecule has 0 saturated heterocycles. The standard InChI is InChI=1S/C23H42N2O2/c1-16(2)24(11-12-25(17(3)4)18(5)6)15-19-13-20(27-10)14-21(22(19)26)23(7,8)9/h13-14,16-18,26H,11-12,15H2,1-10H3. The summed E-state index contributed by atoms with van der Waals surface area (Å²) < 4.78 is 5.51. The van der Waals surface area contributed by atoms with E-state index in [1.54, 1.807) is 7.11 Å². The molecule has 1 rings (SSSR count). The van der Waals surface area contributed by atoms with Crippen LogP contribution in [0.15, 0.2) is 12.1 Å². The topological polar surface area (TPSA) is 35.9 Å². The predicted octanol–water partition coefficient (Wildman–Crippen LogP) is 5.03. The molecule has 0 saturated carbocycles. The third kappa shape index (κ3) is 6.69. The van der Waals surface area contributed by atoms with Gasteiger partial charge in [0.2, 0.25) is 0 Å². The Bertz CT molecular complexity index is 581. The zero-order valence-electron chi connectivity index (χ0n) is 19.3. The summed E-state index contributed by atoms with van der Waals surface area (Å²) in [7, 11) is 1.69. The van der Waals surface area contributed by atoms with E-state index >= 15 is 0 Å². The van der Waals surface area contributed by atoms with Crippen LogP contribution in [0.25, 0.3) is 0 Å². The minimum absolute atomic E-state index is 0.137. The number of phenolic OH excluding ortho intramolecular Hbond substituents is 1. The maximum Gasteiger partial charge on any atom is 0.124 e. The second-order valence-electron chi connectivity index (χ2n) is 9.42. The molecule has 0 bridgehead atoms. The molecule has 0 aromatic heterocycles. The van der Waals surface area contributed by atoms with E-state index in [1.165, 1.54) is 0 Å². The highest BCUT2D eigenvalue weighted by Crippen LogP contribution is 2.37. The SMILES string of the molecule is COc1cc(CN(CCN(C(C)C)C(C)C)C(C)C)c(O)c(C(C)(C)C)c1. The fourth-order valence-corrected chi connectivity index (χ4v) is 3.57. The summed E-state index contributed by atoms with van der Waals surface area (Å²) in [5.41, 5.74) is 1.74. The van der Waals surface area contributed by atoms with Gasteiger partial charge in [-0.05, 0) is 59.1 Å². The van der Waals surface area contributed by atoms with E-state index in [0.29, 0.717) is 30.4 Å². The van der Waals surface area contributed by atoms with Gasteiger partial charge in [0.25, 0.3) is 0 Å². The minimum atomic E-state index is -0.137. The van der Waals surface area contributed by atoms with Crippen molar-refractivity contribution >= 4 is 0 Å². The summed E-state index contributed by atoms with van der Waals surface area (Å²) in [5.74, 6) is 1.21. The monoisotopic (exact) mass is 378 g/mol. The van der Waals surface area contributed by atoms with E-state index in [-0.39, 0.29) is 5.41 Å². The molecule has 1 N–H and O–H groups in total. The number of rotatable bonds is 9. The molecule has 1 aromatic rings. The molecule has 0 spiro atoms. The average molecular weight is 379 g/mol. The number of aromatic hydroxyl groups is 1. The van der Waals surface area contributed by atoms with Gasteiger partial charge in [-0.3, -0.25) is 9.80 Å². The van der Waals surface area contributed by atoms with Crippen molar-refractivity contribution in [3.8, 4) is 11.5 Å². The molecule has 0 amide bonds. The predicted molar refractivity (Wildman–Crippen MR) is 116 cm³/mol. The average Bonchev–Trinajstić information content (AvgIpc) is 2.53. The summed E-state index contributed by atoms with van der Waals surface area (Å²) in [5, 5.41) is 10.9. The number of hydrogen-bond donors (Lipinski definition) is 1. The molecule has 0 aliphatic carbocycles. The van der Waals surface area contributed by atoms with Crippen LogP contribution in [-0.2, 0) is 12.0 Å². The first kappa shape index (κ1) is 23.8. The van der Waals surface area contributed by atoms with E-state index in [9.17, 15) is 5.11 Å². The Morgan fingerprint density at radius 3 is 1.89 bits per heavy atom. The van der Waals surface area contributed by atoms with Gasteiger partial charge in [-0.25, -0.2) is 0 Å². The van der Waals surface area contributed by atoms with Gasteiger partial charge in [0.1, 0.15) is 11.5 Å². The van der Waals surface area contributed by atoms with Crippen LogP contribution in [-0.4, -0.2) is 53.2 Å². The van der Waals surface area contributed by atoms with Crippen molar-refractivity contribution in [1.82, 2.24) is 9.80 Å². The van der Waals surface area contributed by atoms with E-state index in [0.717, 1.165) is 30.0 Å². The maximum absolute atomic E-state index is 10.9. The number of benzene rings is 1. The lowest BCUT2D eigenvalue weighted by Crippen LogP contribution is -2.44. The Morgan fingerprint density at radius 1 is 0.926 bits per heavy atom. The summed E-state index contributed by atoms with van der Waals surface area (Å²) in [6.45, 7) is 22.5. The first-order chi connectivity index (χ1) is 12.4. The fraction of sp³-hybridized carbons (Fsp3) is 0.739. The van der Waals surface area contributed by atoms with E-state index in [1.807, 2.05) is 12.1 Å². The van der Waals surface area contributed by atoms with E-state index < -0.39 is 0 Å². The zero-order valence-corrected chi connectivity index (χ0v) is 19.3. The molecular formula is C23H42N2O2. The first-order valence-electron chi connectivity index (χ1n) is 10.3. The highest BCUT2D eigenvalue weighted by atomic mass is 16.5. The van der Waals surface area contributed by atoms with Crippen molar-refractivity contribution < 1.29 is 9.84 Å². The molecular weight excluding hydrogens is 336 g/mol.